The molecule has 1 fully saturated rings. The van der Waals surface area contributed by atoms with Crippen LogP contribution in [0.1, 0.15) is 40.0 Å². The fraction of sp³-hybridized carbons (Fsp3) is 0.875. The van der Waals surface area contributed by atoms with Crippen molar-refractivity contribution in [2.24, 2.45) is 17.8 Å². The van der Waals surface area contributed by atoms with E-state index in [0.717, 1.165) is 19.4 Å². The van der Waals surface area contributed by atoms with Gasteiger partial charge in [-0.3, -0.25) is 9.59 Å². The Kier molecular flexibility index (Phi) is 6.65. The molecule has 0 aromatic heterocycles. The monoisotopic (exact) mass is 298 g/mol. The minimum atomic E-state index is -0.819. The van der Waals surface area contributed by atoms with E-state index in [9.17, 15) is 14.7 Å². The lowest BCUT2D eigenvalue weighted by atomic mass is 9.94. The van der Waals surface area contributed by atoms with Crippen molar-refractivity contribution in [1.82, 2.24) is 9.80 Å². The molecular formula is C16H30N2O3. The third-order valence-corrected chi connectivity index (χ3v) is 4.66. The third-order valence-electron chi connectivity index (χ3n) is 4.66. The number of carboxylic acid groups (broad SMARTS) is 1. The van der Waals surface area contributed by atoms with Gasteiger partial charge in [0.05, 0.1) is 11.8 Å². The highest BCUT2D eigenvalue weighted by molar-refractivity contribution is 5.85. The first-order chi connectivity index (χ1) is 9.81. The minimum Gasteiger partial charge on any atom is -0.481 e. The van der Waals surface area contributed by atoms with Gasteiger partial charge in [0.25, 0.3) is 0 Å². The van der Waals surface area contributed by atoms with Crippen molar-refractivity contribution < 1.29 is 14.7 Å². The second kappa shape index (κ2) is 7.78. The van der Waals surface area contributed by atoms with Crippen LogP contribution in [-0.4, -0.2) is 60.0 Å². The van der Waals surface area contributed by atoms with E-state index in [4.69, 9.17) is 0 Å². The number of nitrogens with zero attached hydrogens (tertiary/aromatic N) is 2. The molecule has 1 saturated carbocycles. The maximum absolute atomic E-state index is 12.8. The third kappa shape index (κ3) is 4.43. The summed E-state index contributed by atoms with van der Waals surface area (Å²) in [7, 11) is 3.97. The Labute approximate surface area is 128 Å². The normalized spacial score (nSPS) is 26.9. The maximum atomic E-state index is 12.8. The second-order valence-corrected chi connectivity index (χ2v) is 6.53. The van der Waals surface area contributed by atoms with Crippen LogP contribution in [0.3, 0.4) is 0 Å². The molecule has 1 aliphatic rings. The van der Waals surface area contributed by atoms with Crippen molar-refractivity contribution in [2.45, 2.75) is 46.1 Å². The number of carboxylic acids is 1. The van der Waals surface area contributed by atoms with Gasteiger partial charge in [-0.1, -0.05) is 13.3 Å². The number of hydrogen-bond donors (Lipinski definition) is 1. The molecule has 0 spiro atoms. The predicted octanol–water partition coefficient (Wildman–Crippen LogP) is 1.92. The molecule has 1 amide bonds. The molecule has 1 aliphatic carbocycles. The number of carbonyl (C=O) groups excluding carboxylic acids is 1. The van der Waals surface area contributed by atoms with Crippen LogP contribution >= 0.6 is 0 Å². The summed E-state index contributed by atoms with van der Waals surface area (Å²) in [6.07, 6.45) is 2.31. The molecule has 122 valence electrons. The van der Waals surface area contributed by atoms with E-state index in [2.05, 4.69) is 11.8 Å². The molecule has 0 aromatic rings. The molecule has 0 bridgehead atoms. The van der Waals surface area contributed by atoms with Crippen molar-refractivity contribution in [1.29, 1.82) is 0 Å². The van der Waals surface area contributed by atoms with E-state index < -0.39 is 11.9 Å². The average molecular weight is 298 g/mol. The average Bonchev–Trinajstić information content (AvgIpc) is 2.82. The van der Waals surface area contributed by atoms with Crippen LogP contribution in [-0.2, 0) is 9.59 Å². The Bertz CT molecular complexity index is 371. The number of hydrogen-bond acceptors (Lipinski definition) is 3. The van der Waals surface area contributed by atoms with E-state index >= 15 is 0 Å². The first kappa shape index (κ1) is 18.0. The molecule has 1 N–H and O–H groups in total. The van der Waals surface area contributed by atoms with Crippen molar-refractivity contribution >= 4 is 11.9 Å². The Morgan fingerprint density at radius 3 is 2.19 bits per heavy atom. The first-order valence-corrected chi connectivity index (χ1v) is 7.99. The van der Waals surface area contributed by atoms with Crippen LogP contribution in [0.5, 0.6) is 0 Å². The lowest BCUT2D eigenvalue weighted by Crippen LogP contribution is -2.47. The molecule has 0 aliphatic heterocycles. The van der Waals surface area contributed by atoms with E-state index in [1.54, 1.807) is 0 Å². The Morgan fingerprint density at radius 1 is 1.19 bits per heavy atom. The zero-order valence-electron chi connectivity index (χ0n) is 14.0. The van der Waals surface area contributed by atoms with Crippen LogP contribution < -0.4 is 0 Å². The SMILES string of the molecule is CCC1CC(C(=O)O)C(C(=O)N(CC)C(C)CN(C)C)C1. The van der Waals surface area contributed by atoms with Crippen LogP contribution in [0.4, 0.5) is 0 Å². The van der Waals surface area contributed by atoms with Gasteiger partial charge in [0.15, 0.2) is 0 Å². The lowest BCUT2D eigenvalue weighted by molar-refractivity contribution is -0.150. The molecule has 21 heavy (non-hydrogen) atoms. The zero-order chi connectivity index (χ0) is 16.2. The summed E-state index contributed by atoms with van der Waals surface area (Å²) in [4.78, 5) is 28.2. The highest BCUT2D eigenvalue weighted by Crippen LogP contribution is 2.39. The summed E-state index contributed by atoms with van der Waals surface area (Å²) in [5.41, 5.74) is 0. The van der Waals surface area contributed by atoms with Crippen molar-refractivity contribution in [3.8, 4) is 0 Å². The Hall–Kier alpha value is -1.10. The minimum absolute atomic E-state index is 0.0233. The predicted molar refractivity (Wildman–Crippen MR) is 83.0 cm³/mol. The quantitative estimate of drug-likeness (QED) is 0.780. The fourth-order valence-corrected chi connectivity index (χ4v) is 3.55. The van der Waals surface area contributed by atoms with Gasteiger partial charge in [-0.05, 0) is 46.7 Å². The fourth-order valence-electron chi connectivity index (χ4n) is 3.55. The molecule has 4 unspecified atom stereocenters. The molecular weight excluding hydrogens is 268 g/mol. The molecule has 1 rings (SSSR count). The molecule has 0 heterocycles. The summed E-state index contributed by atoms with van der Waals surface area (Å²) >= 11 is 0. The van der Waals surface area contributed by atoms with Gasteiger partial charge >= 0.3 is 5.97 Å². The van der Waals surface area contributed by atoms with Gasteiger partial charge in [-0.15, -0.1) is 0 Å². The Morgan fingerprint density at radius 2 is 1.76 bits per heavy atom. The largest absolute Gasteiger partial charge is 0.481 e. The molecule has 0 saturated heterocycles. The van der Waals surface area contributed by atoms with E-state index in [0.29, 0.717) is 18.9 Å². The van der Waals surface area contributed by atoms with Gasteiger partial charge in [-0.2, -0.15) is 0 Å². The van der Waals surface area contributed by atoms with E-state index in [1.165, 1.54) is 0 Å². The molecule has 0 aromatic carbocycles. The number of aliphatic carboxylic acids is 1. The van der Waals surface area contributed by atoms with Crippen LogP contribution in [0.25, 0.3) is 0 Å². The standard InChI is InChI=1S/C16H30N2O3/c1-6-12-8-13(14(9-12)16(20)21)15(19)18(7-2)11(3)10-17(4)5/h11-14H,6-10H2,1-5H3,(H,20,21). The van der Waals surface area contributed by atoms with Crippen molar-refractivity contribution in [3.63, 3.8) is 0 Å². The van der Waals surface area contributed by atoms with E-state index in [1.807, 2.05) is 32.8 Å². The Balaban J connectivity index is 2.84. The summed E-state index contributed by atoms with van der Waals surface area (Å²) in [5.74, 6) is -1.29. The van der Waals surface area contributed by atoms with Gasteiger partial charge < -0.3 is 14.9 Å². The van der Waals surface area contributed by atoms with Gasteiger partial charge in [-0.25, -0.2) is 0 Å². The number of rotatable bonds is 7. The molecule has 5 nitrogen and oxygen atoms in total. The highest BCUT2D eigenvalue weighted by Gasteiger charge is 2.44. The van der Waals surface area contributed by atoms with Crippen LogP contribution in [0.2, 0.25) is 0 Å². The van der Waals surface area contributed by atoms with Gasteiger partial charge in [0.2, 0.25) is 5.91 Å². The summed E-state index contributed by atoms with van der Waals surface area (Å²) in [6.45, 7) is 7.49. The topological polar surface area (TPSA) is 60.9 Å². The highest BCUT2D eigenvalue weighted by atomic mass is 16.4. The van der Waals surface area contributed by atoms with Gasteiger partial charge in [0.1, 0.15) is 0 Å². The second-order valence-electron chi connectivity index (χ2n) is 6.53. The molecule has 4 atom stereocenters. The molecule has 0 radical (unpaired) electrons. The lowest BCUT2D eigenvalue weighted by Gasteiger charge is -2.33. The zero-order valence-corrected chi connectivity index (χ0v) is 14.0. The number of carbonyl (C=O) groups is 2. The molecule has 5 heteroatoms. The maximum Gasteiger partial charge on any atom is 0.307 e. The van der Waals surface area contributed by atoms with Crippen molar-refractivity contribution in [3.05, 3.63) is 0 Å². The van der Waals surface area contributed by atoms with Crippen molar-refractivity contribution in [2.75, 3.05) is 27.2 Å². The summed E-state index contributed by atoms with van der Waals surface area (Å²) in [6, 6.07) is 0.104. The summed E-state index contributed by atoms with van der Waals surface area (Å²) < 4.78 is 0. The smallest absolute Gasteiger partial charge is 0.307 e. The van der Waals surface area contributed by atoms with Gasteiger partial charge in [0, 0.05) is 19.1 Å². The number of amides is 1. The van der Waals surface area contributed by atoms with E-state index in [-0.39, 0.29) is 17.9 Å². The first-order valence-electron chi connectivity index (χ1n) is 7.99. The summed E-state index contributed by atoms with van der Waals surface area (Å²) in [5, 5.41) is 9.41. The number of likely N-dealkylation sites (N-methyl/N-ethyl adjacent to an activating group) is 2. The van der Waals surface area contributed by atoms with Crippen LogP contribution in [0, 0.1) is 17.8 Å². The van der Waals surface area contributed by atoms with Crippen LogP contribution in [0.15, 0.2) is 0 Å².